The number of hydrogen-bond donors (Lipinski definition) is 0. The molecule has 1 amide bonds. The Bertz CT molecular complexity index is 785. The van der Waals surface area contributed by atoms with Gasteiger partial charge in [-0.15, -0.1) is 0 Å². The van der Waals surface area contributed by atoms with Gasteiger partial charge in [-0.05, 0) is 37.1 Å². The number of likely N-dealkylation sites (N-methyl/N-ethyl adjacent to an activating group) is 1. The van der Waals surface area contributed by atoms with Gasteiger partial charge in [-0.1, -0.05) is 48.6 Å². The molecule has 0 fully saturated rings. The van der Waals surface area contributed by atoms with Crippen molar-refractivity contribution in [3.8, 4) is 11.5 Å². The zero-order valence-electron chi connectivity index (χ0n) is 15.4. The summed E-state index contributed by atoms with van der Waals surface area (Å²) < 4.78 is 10.9. The van der Waals surface area contributed by atoms with E-state index >= 15 is 0 Å². The first-order valence-electron chi connectivity index (χ1n) is 8.95. The van der Waals surface area contributed by atoms with Crippen molar-refractivity contribution in [2.24, 2.45) is 0 Å². The van der Waals surface area contributed by atoms with Crippen molar-refractivity contribution in [2.45, 2.75) is 26.2 Å². The normalized spacial score (nSPS) is 13.3. The van der Waals surface area contributed by atoms with Gasteiger partial charge in [0, 0.05) is 25.4 Å². The van der Waals surface area contributed by atoms with E-state index in [9.17, 15) is 4.79 Å². The lowest BCUT2D eigenvalue weighted by Crippen LogP contribution is -2.33. The summed E-state index contributed by atoms with van der Waals surface area (Å²) in [6, 6.07) is 16.1. The molecule has 0 N–H and O–H groups in total. The zero-order chi connectivity index (χ0) is 18.5. The Kier molecular flexibility index (Phi) is 5.61. The van der Waals surface area contributed by atoms with E-state index in [0.29, 0.717) is 19.5 Å². The van der Waals surface area contributed by atoms with E-state index in [0.717, 1.165) is 28.2 Å². The molecule has 0 saturated heterocycles. The van der Waals surface area contributed by atoms with Gasteiger partial charge in [0.1, 0.15) is 0 Å². The number of fused-ring (bicyclic) bond motifs is 1. The van der Waals surface area contributed by atoms with E-state index in [1.54, 1.807) is 0 Å². The number of nitrogens with zero attached hydrogens (tertiary/aromatic N) is 1. The molecule has 0 spiro atoms. The maximum atomic E-state index is 12.9. The summed E-state index contributed by atoms with van der Waals surface area (Å²) in [5, 5.41) is 0. The Labute approximate surface area is 155 Å². The van der Waals surface area contributed by atoms with Crippen molar-refractivity contribution in [2.75, 3.05) is 19.9 Å². The van der Waals surface area contributed by atoms with E-state index < -0.39 is 0 Å². The first-order valence-corrected chi connectivity index (χ1v) is 8.95. The SMILES string of the molecule is C=C(C)CN(CC)C(=O)CC(c1ccccc1)c1ccc2c(c1)OCO2. The largest absolute Gasteiger partial charge is 0.454 e. The van der Waals surface area contributed by atoms with Crippen molar-refractivity contribution in [1.29, 1.82) is 0 Å². The average Bonchev–Trinajstić information content (AvgIpc) is 3.12. The lowest BCUT2D eigenvalue weighted by molar-refractivity contribution is -0.130. The molecule has 3 rings (SSSR count). The number of rotatable bonds is 7. The van der Waals surface area contributed by atoms with Crippen LogP contribution in [0.4, 0.5) is 0 Å². The molecule has 0 saturated carbocycles. The summed E-state index contributed by atoms with van der Waals surface area (Å²) in [7, 11) is 0. The number of benzene rings is 2. The number of amides is 1. The molecule has 0 aliphatic carbocycles. The van der Waals surface area contributed by atoms with Gasteiger partial charge in [-0.3, -0.25) is 4.79 Å². The van der Waals surface area contributed by atoms with Gasteiger partial charge in [0.25, 0.3) is 0 Å². The summed E-state index contributed by atoms with van der Waals surface area (Å²) in [5.74, 6) is 1.59. The predicted molar refractivity (Wildman–Crippen MR) is 103 cm³/mol. The first kappa shape index (κ1) is 18.1. The van der Waals surface area contributed by atoms with Crippen molar-refractivity contribution in [3.05, 3.63) is 71.8 Å². The molecule has 0 bridgehead atoms. The standard InChI is InChI=1S/C22H25NO3/c1-4-23(14-16(2)3)22(24)13-19(17-8-6-5-7-9-17)18-10-11-20-21(12-18)26-15-25-20/h5-12,19H,2,4,13-15H2,1,3H3. The van der Waals surface area contributed by atoms with E-state index in [-0.39, 0.29) is 18.6 Å². The molecule has 26 heavy (non-hydrogen) atoms. The lowest BCUT2D eigenvalue weighted by atomic mass is 9.88. The minimum Gasteiger partial charge on any atom is -0.454 e. The molecule has 2 aromatic rings. The minimum absolute atomic E-state index is 0.0302. The van der Waals surface area contributed by atoms with Crippen LogP contribution in [-0.4, -0.2) is 30.7 Å². The van der Waals surface area contributed by atoms with Crippen molar-refractivity contribution in [1.82, 2.24) is 4.90 Å². The van der Waals surface area contributed by atoms with Crippen LogP contribution in [0.2, 0.25) is 0 Å². The molecule has 136 valence electrons. The van der Waals surface area contributed by atoms with Crippen LogP contribution >= 0.6 is 0 Å². The second kappa shape index (κ2) is 8.09. The van der Waals surface area contributed by atoms with Crippen LogP contribution < -0.4 is 9.47 Å². The second-order valence-electron chi connectivity index (χ2n) is 6.65. The highest BCUT2D eigenvalue weighted by molar-refractivity contribution is 5.78. The highest BCUT2D eigenvalue weighted by Gasteiger charge is 2.24. The maximum Gasteiger partial charge on any atom is 0.231 e. The fraction of sp³-hybridized carbons (Fsp3) is 0.318. The van der Waals surface area contributed by atoms with Crippen LogP contribution in [0.3, 0.4) is 0 Å². The smallest absolute Gasteiger partial charge is 0.231 e. The monoisotopic (exact) mass is 351 g/mol. The molecule has 1 atom stereocenters. The summed E-state index contributed by atoms with van der Waals surface area (Å²) in [4.78, 5) is 14.8. The molecule has 4 heteroatoms. The number of ether oxygens (including phenoxy) is 2. The van der Waals surface area contributed by atoms with Gasteiger partial charge in [-0.2, -0.15) is 0 Å². The summed E-state index contributed by atoms with van der Waals surface area (Å²) in [5.41, 5.74) is 3.16. The second-order valence-corrected chi connectivity index (χ2v) is 6.65. The molecule has 1 aliphatic rings. The third-order valence-corrected chi connectivity index (χ3v) is 4.57. The Morgan fingerprint density at radius 2 is 1.85 bits per heavy atom. The third kappa shape index (κ3) is 4.07. The maximum absolute atomic E-state index is 12.9. The Hall–Kier alpha value is -2.75. The van der Waals surface area contributed by atoms with Gasteiger partial charge in [-0.25, -0.2) is 0 Å². The van der Waals surface area contributed by atoms with E-state index in [4.69, 9.17) is 9.47 Å². The highest BCUT2D eigenvalue weighted by atomic mass is 16.7. The lowest BCUT2D eigenvalue weighted by Gasteiger charge is -2.25. The molecule has 4 nitrogen and oxygen atoms in total. The van der Waals surface area contributed by atoms with Crippen LogP contribution in [0.5, 0.6) is 11.5 Å². The first-order chi connectivity index (χ1) is 12.6. The molecule has 1 heterocycles. The van der Waals surface area contributed by atoms with Crippen molar-refractivity contribution < 1.29 is 14.3 Å². The fourth-order valence-corrected chi connectivity index (χ4v) is 3.25. The number of carbonyl (C=O) groups is 1. The van der Waals surface area contributed by atoms with Crippen LogP contribution in [0.1, 0.15) is 37.3 Å². The number of carbonyl (C=O) groups excluding carboxylic acids is 1. The summed E-state index contributed by atoms with van der Waals surface area (Å²) in [6.07, 6.45) is 0.408. The molecular weight excluding hydrogens is 326 g/mol. The molecule has 1 unspecified atom stereocenters. The third-order valence-electron chi connectivity index (χ3n) is 4.57. The molecule has 0 aromatic heterocycles. The molecule has 2 aromatic carbocycles. The quantitative estimate of drug-likeness (QED) is 0.696. The van der Waals surface area contributed by atoms with Gasteiger partial charge < -0.3 is 14.4 Å². The summed E-state index contributed by atoms with van der Waals surface area (Å²) in [6.45, 7) is 9.40. The average molecular weight is 351 g/mol. The van der Waals surface area contributed by atoms with Crippen molar-refractivity contribution in [3.63, 3.8) is 0 Å². The Morgan fingerprint density at radius 1 is 1.12 bits per heavy atom. The number of hydrogen-bond acceptors (Lipinski definition) is 3. The van der Waals surface area contributed by atoms with E-state index in [1.165, 1.54) is 0 Å². The zero-order valence-corrected chi connectivity index (χ0v) is 15.4. The van der Waals surface area contributed by atoms with E-state index in [1.807, 2.05) is 55.1 Å². The van der Waals surface area contributed by atoms with Gasteiger partial charge in [0.05, 0.1) is 0 Å². The molecular formula is C22H25NO3. The highest BCUT2D eigenvalue weighted by Crippen LogP contribution is 2.37. The van der Waals surface area contributed by atoms with Gasteiger partial charge in [0.15, 0.2) is 11.5 Å². The van der Waals surface area contributed by atoms with Crippen LogP contribution in [0.25, 0.3) is 0 Å². The Balaban J connectivity index is 1.89. The summed E-state index contributed by atoms with van der Waals surface area (Å²) >= 11 is 0. The Morgan fingerprint density at radius 3 is 2.54 bits per heavy atom. The van der Waals surface area contributed by atoms with Crippen molar-refractivity contribution >= 4 is 5.91 Å². The predicted octanol–water partition coefficient (Wildman–Crippen LogP) is 4.36. The van der Waals surface area contributed by atoms with Crippen LogP contribution in [0, 0.1) is 0 Å². The molecule has 1 aliphatic heterocycles. The van der Waals surface area contributed by atoms with Crippen LogP contribution in [-0.2, 0) is 4.79 Å². The van der Waals surface area contributed by atoms with Crippen LogP contribution in [0.15, 0.2) is 60.7 Å². The molecule has 0 radical (unpaired) electrons. The van der Waals surface area contributed by atoms with Gasteiger partial charge in [0.2, 0.25) is 12.7 Å². The topological polar surface area (TPSA) is 38.8 Å². The van der Waals surface area contributed by atoms with Gasteiger partial charge >= 0.3 is 0 Å². The fourth-order valence-electron chi connectivity index (χ4n) is 3.25. The minimum atomic E-state index is -0.0302. The van der Waals surface area contributed by atoms with E-state index in [2.05, 4.69) is 18.7 Å².